The second-order valence-corrected chi connectivity index (χ2v) is 5.52. The first-order valence-corrected chi connectivity index (χ1v) is 6.60. The SMILES string of the molecule is CC(C)C(C)(O)CNC(=O)CCN1CCCC1=O. The normalized spacial score (nSPS) is 19.2. The van der Waals surface area contributed by atoms with Crippen molar-refractivity contribution in [3.05, 3.63) is 0 Å². The predicted octanol–water partition coefficient (Wildman–Crippen LogP) is 0.522. The molecule has 2 amide bonds. The summed E-state index contributed by atoms with van der Waals surface area (Å²) < 4.78 is 0. The molecule has 1 heterocycles. The Morgan fingerprint density at radius 3 is 2.72 bits per heavy atom. The summed E-state index contributed by atoms with van der Waals surface area (Å²) in [6.45, 7) is 7.02. The number of amides is 2. The van der Waals surface area contributed by atoms with Crippen LogP contribution in [0.1, 0.15) is 40.0 Å². The molecule has 1 unspecified atom stereocenters. The number of hydrogen-bond donors (Lipinski definition) is 2. The van der Waals surface area contributed by atoms with Crippen molar-refractivity contribution in [2.75, 3.05) is 19.6 Å². The molecule has 0 aromatic heterocycles. The lowest BCUT2D eigenvalue weighted by Gasteiger charge is -2.28. The highest BCUT2D eigenvalue weighted by Gasteiger charge is 2.25. The van der Waals surface area contributed by atoms with Crippen molar-refractivity contribution in [2.24, 2.45) is 5.92 Å². The van der Waals surface area contributed by atoms with Crippen LogP contribution in [0, 0.1) is 5.92 Å². The molecular weight excluding hydrogens is 232 g/mol. The Bertz CT molecular complexity index is 313. The Balaban J connectivity index is 2.24. The molecule has 5 nitrogen and oxygen atoms in total. The van der Waals surface area contributed by atoms with E-state index in [4.69, 9.17) is 0 Å². The van der Waals surface area contributed by atoms with E-state index in [1.165, 1.54) is 0 Å². The molecule has 5 heteroatoms. The van der Waals surface area contributed by atoms with E-state index in [1.54, 1.807) is 11.8 Å². The Morgan fingerprint density at radius 1 is 1.56 bits per heavy atom. The highest BCUT2D eigenvalue weighted by atomic mass is 16.3. The summed E-state index contributed by atoms with van der Waals surface area (Å²) >= 11 is 0. The van der Waals surface area contributed by atoms with Crippen molar-refractivity contribution in [2.45, 2.75) is 45.6 Å². The van der Waals surface area contributed by atoms with Crippen LogP contribution < -0.4 is 5.32 Å². The van der Waals surface area contributed by atoms with Crippen molar-refractivity contribution in [3.63, 3.8) is 0 Å². The Morgan fingerprint density at radius 2 is 2.22 bits per heavy atom. The zero-order valence-electron chi connectivity index (χ0n) is 11.5. The van der Waals surface area contributed by atoms with Crippen LogP contribution in [0.2, 0.25) is 0 Å². The van der Waals surface area contributed by atoms with Gasteiger partial charge in [-0.15, -0.1) is 0 Å². The predicted molar refractivity (Wildman–Crippen MR) is 68.9 cm³/mol. The van der Waals surface area contributed by atoms with Gasteiger partial charge in [0.25, 0.3) is 0 Å². The minimum absolute atomic E-state index is 0.0814. The molecule has 1 fully saturated rings. The molecule has 1 aliphatic rings. The molecule has 0 aromatic rings. The van der Waals surface area contributed by atoms with Crippen LogP contribution in [0.4, 0.5) is 0 Å². The van der Waals surface area contributed by atoms with Crippen LogP contribution in [0.3, 0.4) is 0 Å². The van der Waals surface area contributed by atoms with Gasteiger partial charge >= 0.3 is 0 Å². The maximum absolute atomic E-state index is 11.6. The van der Waals surface area contributed by atoms with E-state index in [0.29, 0.717) is 19.4 Å². The van der Waals surface area contributed by atoms with E-state index in [2.05, 4.69) is 5.32 Å². The minimum Gasteiger partial charge on any atom is -0.388 e. The average Bonchev–Trinajstić information content (AvgIpc) is 2.69. The van der Waals surface area contributed by atoms with Gasteiger partial charge in [-0.25, -0.2) is 0 Å². The van der Waals surface area contributed by atoms with Crippen LogP contribution in [0.5, 0.6) is 0 Å². The molecule has 1 saturated heterocycles. The number of hydrogen-bond acceptors (Lipinski definition) is 3. The second-order valence-electron chi connectivity index (χ2n) is 5.52. The van der Waals surface area contributed by atoms with Crippen LogP contribution in [0.25, 0.3) is 0 Å². The number of carbonyl (C=O) groups is 2. The van der Waals surface area contributed by atoms with Crippen LogP contribution >= 0.6 is 0 Å². The quantitative estimate of drug-likeness (QED) is 0.728. The number of carbonyl (C=O) groups excluding carboxylic acids is 2. The smallest absolute Gasteiger partial charge is 0.222 e. The minimum atomic E-state index is -0.890. The molecule has 2 N–H and O–H groups in total. The molecule has 1 aliphatic heterocycles. The molecule has 1 atom stereocenters. The fourth-order valence-corrected chi connectivity index (χ4v) is 1.75. The summed E-state index contributed by atoms with van der Waals surface area (Å²) in [6, 6.07) is 0. The standard InChI is InChI=1S/C13H24N2O3/c1-10(2)13(3,18)9-14-11(16)6-8-15-7-4-5-12(15)17/h10,18H,4-9H2,1-3H3,(H,14,16). The molecule has 104 valence electrons. The highest BCUT2D eigenvalue weighted by Crippen LogP contribution is 2.14. The summed E-state index contributed by atoms with van der Waals surface area (Å²) in [5.41, 5.74) is -0.890. The molecule has 18 heavy (non-hydrogen) atoms. The van der Waals surface area contributed by atoms with Crippen molar-refractivity contribution in [3.8, 4) is 0 Å². The Hall–Kier alpha value is -1.10. The molecule has 0 radical (unpaired) electrons. The average molecular weight is 256 g/mol. The maximum Gasteiger partial charge on any atom is 0.222 e. The zero-order chi connectivity index (χ0) is 13.8. The van der Waals surface area contributed by atoms with E-state index in [0.717, 1.165) is 13.0 Å². The number of aliphatic hydroxyl groups is 1. The molecular formula is C13H24N2O3. The van der Waals surface area contributed by atoms with Gasteiger partial charge in [0.05, 0.1) is 5.60 Å². The Labute approximate surface area is 109 Å². The zero-order valence-corrected chi connectivity index (χ0v) is 11.5. The first-order valence-electron chi connectivity index (χ1n) is 6.60. The van der Waals surface area contributed by atoms with Crippen LogP contribution in [-0.4, -0.2) is 47.1 Å². The molecule has 0 aromatic carbocycles. The fourth-order valence-electron chi connectivity index (χ4n) is 1.75. The molecule has 1 rings (SSSR count). The van der Waals surface area contributed by atoms with Gasteiger partial charge in [0, 0.05) is 32.5 Å². The van der Waals surface area contributed by atoms with Gasteiger partial charge in [-0.05, 0) is 19.3 Å². The lowest BCUT2D eigenvalue weighted by molar-refractivity contribution is -0.128. The molecule has 0 bridgehead atoms. The first kappa shape index (κ1) is 15.0. The Kier molecular flexibility index (Phi) is 5.14. The number of rotatable bonds is 6. The van der Waals surface area contributed by atoms with Gasteiger partial charge in [-0.3, -0.25) is 9.59 Å². The van der Waals surface area contributed by atoms with Crippen molar-refractivity contribution in [1.82, 2.24) is 10.2 Å². The van der Waals surface area contributed by atoms with E-state index < -0.39 is 5.60 Å². The van der Waals surface area contributed by atoms with Gasteiger partial charge in [0.15, 0.2) is 0 Å². The molecule has 0 spiro atoms. The van der Waals surface area contributed by atoms with Gasteiger partial charge < -0.3 is 15.3 Å². The third-order valence-corrected chi connectivity index (χ3v) is 3.67. The largest absolute Gasteiger partial charge is 0.388 e. The van der Waals surface area contributed by atoms with E-state index in [9.17, 15) is 14.7 Å². The van der Waals surface area contributed by atoms with E-state index >= 15 is 0 Å². The van der Waals surface area contributed by atoms with Crippen molar-refractivity contribution >= 4 is 11.8 Å². The summed E-state index contributed by atoms with van der Waals surface area (Å²) in [6.07, 6.45) is 1.80. The summed E-state index contributed by atoms with van der Waals surface area (Å²) in [5.74, 6) is 0.102. The third kappa shape index (κ3) is 4.29. The third-order valence-electron chi connectivity index (χ3n) is 3.67. The monoisotopic (exact) mass is 256 g/mol. The number of nitrogens with zero attached hydrogens (tertiary/aromatic N) is 1. The summed E-state index contributed by atoms with van der Waals surface area (Å²) in [4.78, 5) is 24.7. The highest BCUT2D eigenvalue weighted by molar-refractivity contribution is 5.80. The summed E-state index contributed by atoms with van der Waals surface area (Å²) in [5, 5.41) is 12.7. The van der Waals surface area contributed by atoms with Gasteiger partial charge in [-0.2, -0.15) is 0 Å². The topological polar surface area (TPSA) is 69.6 Å². The molecule has 0 aliphatic carbocycles. The molecule has 0 saturated carbocycles. The number of likely N-dealkylation sites (tertiary alicyclic amines) is 1. The van der Waals surface area contributed by atoms with Gasteiger partial charge in [0.2, 0.25) is 11.8 Å². The second kappa shape index (κ2) is 6.18. The van der Waals surface area contributed by atoms with Crippen molar-refractivity contribution < 1.29 is 14.7 Å². The van der Waals surface area contributed by atoms with Crippen LogP contribution in [0.15, 0.2) is 0 Å². The van der Waals surface area contributed by atoms with E-state index in [1.807, 2.05) is 13.8 Å². The fraction of sp³-hybridized carbons (Fsp3) is 0.846. The van der Waals surface area contributed by atoms with E-state index in [-0.39, 0.29) is 24.3 Å². The lowest BCUT2D eigenvalue weighted by Crippen LogP contribution is -2.44. The summed E-state index contributed by atoms with van der Waals surface area (Å²) in [7, 11) is 0. The maximum atomic E-state index is 11.6. The van der Waals surface area contributed by atoms with Gasteiger partial charge in [0.1, 0.15) is 0 Å². The first-order chi connectivity index (χ1) is 8.33. The van der Waals surface area contributed by atoms with Crippen molar-refractivity contribution in [1.29, 1.82) is 0 Å². The van der Waals surface area contributed by atoms with Gasteiger partial charge in [-0.1, -0.05) is 13.8 Å². The number of nitrogens with one attached hydrogen (secondary N) is 1. The lowest BCUT2D eigenvalue weighted by atomic mass is 9.92. The van der Waals surface area contributed by atoms with Crippen LogP contribution in [-0.2, 0) is 9.59 Å².